The predicted octanol–water partition coefficient (Wildman–Crippen LogP) is 4.66. The molecule has 0 radical (unpaired) electrons. The van der Waals surface area contributed by atoms with E-state index in [4.69, 9.17) is 21.7 Å². The number of ether oxygens (including phenoxy) is 2. The van der Waals surface area contributed by atoms with E-state index < -0.39 is 0 Å². The molecular formula is C23H28N2O4S. The molecule has 0 atom stereocenters. The second-order valence-corrected chi connectivity index (χ2v) is 7.46. The first-order valence-electron chi connectivity index (χ1n) is 10.0. The molecule has 2 N–H and O–H groups in total. The molecule has 7 heteroatoms. The highest BCUT2D eigenvalue weighted by Gasteiger charge is 2.11. The lowest BCUT2D eigenvalue weighted by Crippen LogP contribution is -2.37. The van der Waals surface area contributed by atoms with Crippen molar-refractivity contribution < 1.29 is 19.1 Å². The Kier molecular flexibility index (Phi) is 9.28. The van der Waals surface area contributed by atoms with Crippen molar-refractivity contribution in [2.75, 3.05) is 18.5 Å². The third-order valence-electron chi connectivity index (χ3n) is 4.26. The number of carbonyl (C=O) groups is 2. The molecule has 2 rings (SSSR count). The molecule has 0 aromatic heterocycles. The molecule has 6 nitrogen and oxygen atoms in total. The summed E-state index contributed by atoms with van der Waals surface area (Å²) in [5.41, 5.74) is 2.15. The number of nitrogens with one attached hydrogen (secondary N) is 2. The van der Waals surface area contributed by atoms with Gasteiger partial charge in [0, 0.05) is 5.69 Å². The lowest BCUT2D eigenvalue weighted by atomic mass is 10.0. The lowest BCUT2D eigenvalue weighted by Gasteiger charge is -2.14. The van der Waals surface area contributed by atoms with Crippen molar-refractivity contribution in [2.24, 2.45) is 0 Å². The molecule has 0 aliphatic carbocycles. The Labute approximate surface area is 183 Å². The maximum Gasteiger partial charge on any atom is 0.338 e. The molecule has 0 bridgehead atoms. The molecule has 0 spiro atoms. The molecule has 160 valence electrons. The van der Waals surface area contributed by atoms with Crippen molar-refractivity contribution in [3.05, 3.63) is 59.7 Å². The van der Waals surface area contributed by atoms with Gasteiger partial charge in [0.2, 0.25) is 0 Å². The molecular weight excluding hydrogens is 400 g/mol. The van der Waals surface area contributed by atoms with Crippen LogP contribution in [0.1, 0.15) is 55.5 Å². The summed E-state index contributed by atoms with van der Waals surface area (Å²) in [4.78, 5) is 24.1. The van der Waals surface area contributed by atoms with Crippen molar-refractivity contribution in [1.82, 2.24) is 5.32 Å². The zero-order valence-corrected chi connectivity index (χ0v) is 18.4. The fourth-order valence-electron chi connectivity index (χ4n) is 2.64. The fourth-order valence-corrected chi connectivity index (χ4v) is 2.87. The molecule has 0 fully saturated rings. The third kappa shape index (κ3) is 7.48. The molecule has 0 aliphatic rings. The standard InChI is InChI=1S/C23H28N2O4S/c1-4-5-14-28-22(27)17-10-12-18(13-11-17)24-23(30)25-21(26)15-29-20-9-7-6-8-19(20)16(2)3/h6-13,16H,4-5,14-15H2,1-3H3,(H2,24,25,26,30). The molecule has 0 aliphatic heterocycles. The number of anilines is 1. The minimum Gasteiger partial charge on any atom is -0.483 e. The van der Waals surface area contributed by atoms with Crippen LogP contribution in [0.25, 0.3) is 0 Å². The number of hydrogen-bond acceptors (Lipinski definition) is 5. The maximum absolute atomic E-state index is 12.1. The van der Waals surface area contributed by atoms with Gasteiger partial charge in [0.1, 0.15) is 5.75 Å². The van der Waals surface area contributed by atoms with E-state index in [0.717, 1.165) is 18.4 Å². The van der Waals surface area contributed by atoms with E-state index in [1.54, 1.807) is 24.3 Å². The molecule has 0 unspecified atom stereocenters. The summed E-state index contributed by atoms with van der Waals surface area (Å²) >= 11 is 5.18. The number of benzene rings is 2. The van der Waals surface area contributed by atoms with E-state index in [2.05, 4.69) is 24.5 Å². The van der Waals surface area contributed by atoms with Gasteiger partial charge in [-0.05, 0) is 60.5 Å². The predicted molar refractivity (Wildman–Crippen MR) is 122 cm³/mol. The molecule has 0 saturated carbocycles. The molecule has 0 heterocycles. The van der Waals surface area contributed by atoms with E-state index in [-0.39, 0.29) is 23.6 Å². The number of rotatable bonds is 9. The van der Waals surface area contributed by atoms with Gasteiger partial charge in [-0.1, -0.05) is 45.4 Å². The van der Waals surface area contributed by atoms with E-state index in [9.17, 15) is 9.59 Å². The van der Waals surface area contributed by atoms with Crippen molar-refractivity contribution in [3.63, 3.8) is 0 Å². The average Bonchev–Trinajstić information content (AvgIpc) is 2.73. The lowest BCUT2D eigenvalue weighted by molar-refractivity contribution is -0.121. The van der Waals surface area contributed by atoms with Crippen LogP contribution in [-0.4, -0.2) is 30.2 Å². The number of para-hydroxylation sites is 1. The minimum atomic E-state index is -0.359. The number of amides is 1. The van der Waals surface area contributed by atoms with Gasteiger partial charge < -0.3 is 14.8 Å². The van der Waals surface area contributed by atoms with Gasteiger partial charge in [0.05, 0.1) is 12.2 Å². The second-order valence-electron chi connectivity index (χ2n) is 7.05. The van der Waals surface area contributed by atoms with Crippen LogP contribution in [0.4, 0.5) is 5.69 Å². The van der Waals surface area contributed by atoms with E-state index in [1.165, 1.54) is 0 Å². The highest BCUT2D eigenvalue weighted by molar-refractivity contribution is 7.80. The zero-order valence-electron chi connectivity index (χ0n) is 17.6. The van der Waals surface area contributed by atoms with Gasteiger partial charge in [-0.15, -0.1) is 0 Å². The number of hydrogen-bond donors (Lipinski definition) is 2. The van der Waals surface area contributed by atoms with Crippen LogP contribution in [0.5, 0.6) is 5.75 Å². The van der Waals surface area contributed by atoms with Crippen molar-refractivity contribution in [3.8, 4) is 5.75 Å². The largest absolute Gasteiger partial charge is 0.483 e. The molecule has 0 saturated heterocycles. The Balaban J connectivity index is 1.81. The maximum atomic E-state index is 12.1. The Bertz CT molecular complexity index is 866. The topological polar surface area (TPSA) is 76.7 Å². The summed E-state index contributed by atoms with van der Waals surface area (Å²) in [7, 11) is 0. The van der Waals surface area contributed by atoms with Gasteiger partial charge in [-0.2, -0.15) is 0 Å². The summed E-state index contributed by atoms with van der Waals surface area (Å²) in [5.74, 6) is 0.258. The monoisotopic (exact) mass is 428 g/mol. The van der Waals surface area contributed by atoms with Crippen LogP contribution < -0.4 is 15.4 Å². The summed E-state index contributed by atoms with van der Waals surface area (Å²) in [6.45, 7) is 6.44. The van der Waals surface area contributed by atoms with E-state index in [1.807, 2.05) is 31.2 Å². The van der Waals surface area contributed by atoms with Crippen molar-refractivity contribution >= 4 is 34.9 Å². The van der Waals surface area contributed by atoms with Gasteiger partial charge >= 0.3 is 5.97 Å². The number of unbranched alkanes of at least 4 members (excludes halogenated alkanes) is 1. The first kappa shape index (κ1) is 23.3. The number of esters is 1. The quantitative estimate of drug-likeness (QED) is 0.344. The highest BCUT2D eigenvalue weighted by Crippen LogP contribution is 2.25. The van der Waals surface area contributed by atoms with E-state index >= 15 is 0 Å². The fraction of sp³-hybridized carbons (Fsp3) is 0.348. The Morgan fingerprint density at radius 2 is 1.77 bits per heavy atom. The summed E-state index contributed by atoms with van der Waals surface area (Å²) in [6.07, 6.45) is 1.81. The van der Waals surface area contributed by atoms with Crippen LogP contribution in [0.15, 0.2) is 48.5 Å². The third-order valence-corrected chi connectivity index (χ3v) is 4.47. The van der Waals surface area contributed by atoms with Crippen LogP contribution >= 0.6 is 12.2 Å². The summed E-state index contributed by atoms with van der Waals surface area (Å²) in [6, 6.07) is 14.3. The minimum absolute atomic E-state index is 0.145. The van der Waals surface area contributed by atoms with Crippen LogP contribution in [0, 0.1) is 0 Å². The average molecular weight is 429 g/mol. The van der Waals surface area contributed by atoms with Crippen molar-refractivity contribution in [1.29, 1.82) is 0 Å². The van der Waals surface area contributed by atoms with E-state index in [0.29, 0.717) is 29.5 Å². The normalized spacial score (nSPS) is 10.4. The zero-order chi connectivity index (χ0) is 21.9. The van der Waals surface area contributed by atoms with Gasteiger partial charge in [0.15, 0.2) is 11.7 Å². The van der Waals surface area contributed by atoms with Gasteiger partial charge in [-0.25, -0.2) is 4.79 Å². The van der Waals surface area contributed by atoms with Crippen molar-refractivity contribution in [2.45, 2.75) is 39.5 Å². The Morgan fingerprint density at radius 1 is 1.07 bits per heavy atom. The molecule has 30 heavy (non-hydrogen) atoms. The second kappa shape index (κ2) is 11.9. The van der Waals surface area contributed by atoms with Crippen LogP contribution in [-0.2, 0) is 9.53 Å². The first-order valence-corrected chi connectivity index (χ1v) is 10.4. The summed E-state index contributed by atoms with van der Waals surface area (Å²) in [5, 5.41) is 5.65. The SMILES string of the molecule is CCCCOC(=O)c1ccc(NC(=S)NC(=O)COc2ccccc2C(C)C)cc1. The van der Waals surface area contributed by atoms with Gasteiger partial charge in [0.25, 0.3) is 5.91 Å². The van der Waals surface area contributed by atoms with Crippen LogP contribution in [0.3, 0.4) is 0 Å². The Hall–Kier alpha value is -2.93. The molecule has 2 aromatic carbocycles. The number of thiocarbonyl (C=S) groups is 1. The molecule has 1 amide bonds. The summed E-state index contributed by atoms with van der Waals surface area (Å²) < 4.78 is 10.8. The van der Waals surface area contributed by atoms with Crippen LogP contribution in [0.2, 0.25) is 0 Å². The first-order chi connectivity index (χ1) is 14.4. The Morgan fingerprint density at radius 3 is 2.43 bits per heavy atom. The highest BCUT2D eigenvalue weighted by atomic mass is 32.1. The van der Waals surface area contributed by atoms with Gasteiger partial charge in [-0.3, -0.25) is 10.1 Å². The number of carbonyl (C=O) groups excluding carboxylic acids is 2. The smallest absolute Gasteiger partial charge is 0.338 e. The molecule has 2 aromatic rings.